The monoisotopic (exact) mass is 126 g/mol. The Balaban J connectivity index is 2.36. The van der Waals surface area contributed by atoms with Gasteiger partial charge >= 0.3 is 0 Å². The Kier molecular flexibility index (Phi) is 0.887. The predicted molar refractivity (Wildman–Crippen MR) is 33.0 cm³/mol. The van der Waals surface area contributed by atoms with Gasteiger partial charge in [-0.05, 0) is 30.8 Å². The molecule has 2 bridgehead atoms. The van der Waals surface area contributed by atoms with Gasteiger partial charge in [-0.15, -0.1) is 0 Å². The lowest BCUT2D eigenvalue weighted by Crippen LogP contribution is -2.17. The van der Waals surface area contributed by atoms with Gasteiger partial charge in [0, 0.05) is 0 Å². The Bertz CT molecular complexity index is 172. The first-order chi connectivity index (χ1) is 4.29. The zero-order valence-electron chi connectivity index (χ0n) is 5.17. The van der Waals surface area contributed by atoms with Gasteiger partial charge in [-0.2, -0.15) is 0 Å². The second kappa shape index (κ2) is 1.51. The summed E-state index contributed by atoms with van der Waals surface area (Å²) in [5.41, 5.74) is 1.09. The number of allylic oxidation sites excluding steroid dienone is 1. The smallest absolute Gasteiger partial charge is 0.120 e. The van der Waals surface area contributed by atoms with Crippen LogP contribution >= 0.6 is 0 Å². The van der Waals surface area contributed by atoms with E-state index in [1.54, 1.807) is 0 Å². The summed E-state index contributed by atoms with van der Waals surface area (Å²) < 4.78 is 0. The van der Waals surface area contributed by atoms with Crippen LogP contribution in [0.25, 0.3) is 0 Å². The Morgan fingerprint density at radius 1 is 1.44 bits per heavy atom. The summed E-state index contributed by atoms with van der Waals surface area (Å²) in [6, 6.07) is 0. The van der Waals surface area contributed by atoms with Crippen molar-refractivity contribution in [2.45, 2.75) is 25.4 Å². The minimum absolute atomic E-state index is 0.270. The van der Waals surface area contributed by atoms with Crippen molar-refractivity contribution in [3.63, 3.8) is 0 Å². The van der Waals surface area contributed by atoms with Crippen LogP contribution in [0.5, 0.6) is 0 Å². The van der Waals surface area contributed by atoms with E-state index in [0.717, 1.165) is 24.8 Å². The zero-order chi connectivity index (χ0) is 6.43. The third-order valence-electron chi connectivity index (χ3n) is 2.41. The van der Waals surface area contributed by atoms with Crippen molar-refractivity contribution in [2.75, 3.05) is 0 Å². The molecule has 1 fully saturated rings. The van der Waals surface area contributed by atoms with E-state index >= 15 is 0 Å². The second-order valence-electron chi connectivity index (χ2n) is 2.94. The Morgan fingerprint density at radius 3 is 2.56 bits per heavy atom. The van der Waals surface area contributed by atoms with Crippen LogP contribution in [0.3, 0.4) is 0 Å². The highest BCUT2D eigenvalue weighted by molar-refractivity contribution is 5.24. The van der Waals surface area contributed by atoms with Crippen LogP contribution in [0.1, 0.15) is 19.3 Å². The van der Waals surface area contributed by atoms with Crippen LogP contribution in [0.4, 0.5) is 0 Å². The highest BCUT2D eigenvalue weighted by atomic mass is 16.3. The van der Waals surface area contributed by atoms with Gasteiger partial charge in [0.2, 0.25) is 0 Å². The summed E-state index contributed by atoms with van der Waals surface area (Å²) in [4.78, 5) is 0. The number of aliphatic hydroxyl groups excluding tert-OH is 2. The maximum absolute atomic E-state index is 9.18. The maximum Gasteiger partial charge on any atom is 0.120 e. The summed E-state index contributed by atoms with van der Waals surface area (Å²) in [6.45, 7) is 0. The van der Waals surface area contributed by atoms with Crippen LogP contribution in [-0.4, -0.2) is 16.3 Å². The molecule has 2 aliphatic carbocycles. The molecule has 0 aliphatic heterocycles. The van der Waals surface area contributed by atoms with Crippen molar-refractivity contribution in [1.29, 1.82) is 0 Å². The van der Waals surface area contributed by atoms with Crippen molar-refractivity contribution in [1.82, 2.24) is 0 Å². The highest BCUT2D eigenvalue weighted by Crippen LogP contribution is 2.42. The fourth-order valence-electron chi connectivity index (χ4n) is 1.81. The van der Waals surface area contributed by atoms with Crippen molar-refractivity contribution in [3.8, 4) is 0 Å². The van der Waals surface area contributed by atoms with E-state index in [9.17, 15) is 5.11 Å². The molecule has 50 valence electrons. The number of fused-ring (bicyclic) bond motifs is 2. The van der Waals surface area contributed by atoms with Gasteiger partial charge < -0.3 is 10.2 Å². The van der Waals surface area contributed by atoms with Gasteiger partial charge in [0.15, 0.2) is 0 Å². The first-order valence-corrected chi connectivity index (χ1v) is 3.38. The van der Waals surface area contributed by atoms with E-state index in [-0.39, 0.29) is 5.76 Å². The number of hydrogen-bond acceptors (Lipinski definition) is 2. The lowest BCUT2D eigenvalue weighted by Gasteiger charge is -2.13. The standard InChI is InChI=1S/C7H10O2/c8-6-4-1-2-5(3-4)7(6)9/h4,6,8-9H,1-3H2. The molecular weight excluding hydrogens is 116 g/mol. The van der Waals surface area contributed by atoms with Gasteiger partial charge in [-0.25, -0.2) is 0 Å². The van der Waals surface area contributed by atoms with Gasteiger partial charge in [0.25, 0.3) is 0 Å². The van der Waals surface area contributed by atoms with Crippen LogP contribution in [0.15, 0.2) is 11.3 Å². The molecule has 9 heavy (non-hydrogen) atoms. The van der Waals surface area contributed by atoms with E-state index in [2.05, 4.69) is 0 Å². The summed E-state index contributed by atoms with van der Waals surface area (Å²) >= 11 is 0. The molecule has 0 amide bonds. The normalized spacial score (nSPS) is 40.6. The molecule has 2 aliphatic rings. The molecule has 0 spiro atoms. The SMILES string of the molecule is OC1=C2CCC(C2)C1O. The molecule has 2 atom stereocenters. The first kappa shape index (κ1) is 5.30. The quantitative estimate of drug-likeness (QED) is 0.507. The Labute approximate surface area is 53.8 Å². The van der Waals surface area contributed by atoms with Gasteiger partial charge in [0.05, 0.1) is 0 Å². The maximum atomic E-state index is 9.18. The van der Waals surface area contributed by atoms with E-state index in [1.165, 1.54) is 0 Å². The van der Waals surface area contributed by atoms with Crippen LogP contribution < -0.4 is 0 Å². The molecular formula is C7H10O2. The number of aliphatic hydroxyl groups is 2. The highest BCUT2D eigenvalue weighted by Gasteiger charge is 2.37. The average Bonchev–Trinajstić information content (AvgIpc) is 2.37. The molecule has 2 rings (SSSR count). The molecule has 2 heteroatoms. The molecule has 0 saturated heterocycles. The molecule has 0 heterocycles. The van der Waals surface area contributed by atoms with Crippen molar-refractivity contribution in [3.05, 3.63) is 11.3 Å². The molecule has 0 aromatic carbocycles. The molecule has 1 saturated carbocycles. The largest absolute Gasteiger partial charge is 0.510 e. The summed E-state index contributed by atoms with van der Waals surface area (Å²) in [5.74, 6) is 0.617. The molecule has 2 N–H and O–H groups in total. The van der Waals surface area contributed by atoms with E-state index in [4.69, 9.17) is 5.11 Å². The van der Waals surface area contributed by atoms with Gasteiger partial charge in [-0.1, -0.05) is 0 Å². The lowest BCUT2D eigenvalue weighted by atomic mass is 10.0. The fourth-order valence-corrected chi connectivity index (χ4v) is 1.81. The first-order valence-electron chi connectivity index (χ1n) is 3.38. The third kappa shape index (κ3) is 0.540. The molecule has 0 radical (unpaired) electrons. The van der Waals surface area contributed by atoms with Gasteiger partial charge in [0.1, 0.15) is 11.9 Å². The summed E-state index contributed by atoms with van der Waals surface area (Å²) in [5, 5.41) is 18.3. The summed E-state index contributed by atoms with van der Waals surface area (Å²) in [7, 11) is 0. The van der Waals surface area contributed by atoms with Crippen LogP contribution in [0.2, 0.25) is 0 Å². The number of hydrogen-bond donors (Lipinski definition) is 2. The topological polar surface area (TPSA) is 40.5 Å². The Hall–Kier alpha value is -0.500. The second-order valence-corrected chi connectivity index (χ2v) is 2.94. The third-order valence-corrected chi connectivity index (χ3v) is 2.41. The van der Waals surface area contributed by atoms with Gasteiger partial charge in [-0.3, -0.25) is 0 Å². The predicted octanol–water partition coefficient (Wildman–Crippen LogP) is 0.973. The minimum Gasteiger partial charge on any atom is -0.510 e. The van der Waals surface area contributed by atoms with E-state index < -0.39 is 6.10 Å². The van der Waals surface area contributed by atoms with E-state index in [0.29, 0.717) is 5.92 Å². The van der Waals surface area contributed by atoms with E-state index in [1.807, 2.05) is 0 Å². The molecule has 0 aromatic heterocycles. The van der Waals surface area contributed by atoms with Crippen molar-refractivity contribution >= 4 is 0 Å². The molecule has 2 unspecified atom stereocenters. The average molecular weight is 126 g/mol. The Morgan fingerprint density at radius 2 is 2.22 bits per heavy atom. The van der Waals surface area contributed by atoms with Crippen LogP contribution in [0, 0.1) is 5.92 Å². The van der Waals surface area contributed by atoms with Crippen LogP contribution in [-0.2, 0) is 0 Å². The van der Waals surface area contributed by atoms with Crippen molar-refractivity contribution in [2.24, 2.45) is 5.92 Å². The molecule has 0 aromatic rings. The minimum atomic E-state index is -0.520. The summed E-state index contributed by atoms with van der Waals surface area (Å²) in [6.07, 6.45) is 2.50. The fraction of sp³-hybridized carbons (Fsp3) is 0.714. The molecule has 2 nitrogen and oxygen atoms in total. The lowest BCUT2D eigenvalue weighted by molar-refractivity contribution is 0.108. The van der Waals surface area contributed by atoms with Crippen molar-refractivity contribution < 1.29 is 10.2 Å². The number of rotatable bonds is 0. The zero-order valence-corrected chi connectivity index (χ0v) is 5.17.